The van der Waals surface area contributed by atoms with Crippen molar-refractivity contribution in [3.05, 3.63) is 34.6 Å². The number of allylic oxidation sites excluding steroid dienone is 4. The van der Waals surface area contributed by atoms with Crippen LogP contribution in [0.2, 0.25) is 0 Å². The van der Waals surface area contributed by atoms with Crippen molar-refractivity contribution >= 4 is 50.1 Å². The molecule has 1 aliphatic heterocycles. The second-order valence-corrected chi connectivity index (χ2v) is 6.99. The van der Waals surface area contributed by atoms with E-state index in [4.69, 9.17) is 0 Å². The molecule has 3 N–H and O–H groups in total. The van der Waals surface area contributed by atoms with Crippen LogP contribution in [-0.2, 0) is 4.79 Å². The first-order valence-electron chi connectivity index (χ1n) is 6.48. The molecule has 1 rings (SSSR count). The molecule has 4 nitrogen and oxygen atoms in total. The van der Waals surface area contributed by atoms with Crippen LogP contribution in [0.1, 0.15) is 20.3 Å². The number of rotatable bonds is 7. The number of thiol groups is 1. The van der Waals surface area contributed by atoms with E-state index in [1.807, 2.05) is 6.20 Å². The molecule has 0 radical (unpaired) electrons. The fourth-order valence-electron chi connectivity index (χ4n) is 1.55. The normalized spacial score (nSPS) is 18.6. The maximum atomic E-state index is 11.2. The zero-order valence-electron chi connectivity index (χ0n) is 11.7. The standard InChI is InChI=1S/C11H16N3OS2.C2H4.Al/c1-2-3-4-5-6-9-7-12-11(13-9)17-8-10(15)14-16;1-2;/h3-5,7,11-13,16H,2,8H2,1H3,(H,14,15);1H,2H3;/b4-3+,6-5?;;. The van der Waals surface area contributed by atoms with Crippen LogP contribution in [0.4, 0.5) is 0 Å². The molecule has 0 aliphatic carbocycles. The van der Waals surface area contributed by atoms with Gasteiger partial charge in [-0.2, -0.15) is 0 Å². The van der Waals surface area contributed by atoms with Gasteiger partial charge in [-0.05, 0) is 0 Å². The summed E-state index contributed by atoms with van der Waals surface area (Å²) in [4.78, 5) is 13.4. The van der Waals surface area contributed by atoms with Gasteiger partial charge in [0, 0.05) is 0 Å². The van der Waals surface area contributed by atoms with Crippen molar-refractivity contribution in [2.75, 3.05) is 5.75 Å². The first-order chi connectivity index (χ1) is 9.71. The van der Waals surface area contributed by atoms with Crippen molar-refractivity contribution in [2.24, 2.45) is 0 Å². The predicted molar refractivity (Wildman–Crippen MR) is 92.7 cm³/mol. The van der Waals surface area contributed by atoms with Crippen molar-refractivity contribution in [1.82, 2.24) is 15.4 Å². The van der Waals surface area contributed by atoms with Crippen LogP contribution in [0, 0.1) is 0 Å². The Morgan fingerprint density at radius 1 is 1.65 bits per heavy atom. The minimum absolute atomic E-state index is 0.0328. The Bertz CT molecular complexity index is 447. The molecule has 1 aliphatic rings. The summed E-state index contributed by atoms with van der Waals surface area (Å²) >= 11 is 5.38. The van der Waals surface area contributed by atoms with Crippen molar-refractivity contribution in [2.45, 2.75) is 25.8 Å². The third-order valence-electron chi connectivity index (χ3n) is 2.48. The number of hydrogen-bond acceptors (Lipinski definition) is 5. The molecule has 1 amide bonds. The van der Waals surface area contributed by atoms with Crippen LogP contribution in [0.3, 0.4) is 0 Å². The first-order valence-corrected chi connectivity index (χ1v) is 9.22. The van der Waals surface area contributed by atoms with E-state index >= 15 is 0 Å². The Kier molecular flexibility index (Phi) is 8.87. The summed E-state index contributed by atoms with van der Waals surface area (Å²) in [5.41, 5.74) is 1.15. The number of carbonyl (C=O) groups excluding carboxylic acids is 1. The van der Waals surface area contributed by atoms with Gasteiger partial charge in [0.15, 0.2) is 0 Å². The van der Waals surface area contributed by atoms with Crippen LogP contribution in [0.15, 0.2) is 34.6 Å². The van der Waals surface area contributed by atoms with Crippen LogP contribution in [-0.4, -0.2) is 36.8 Å². The Labute approximate surface area is 136 Å². The maximum absolute atomic E-state index is 11.2. The van der Waals surface area contributed by atoms with Gasteiger partial charge in [0.25, 0.3) is 0 Å². The molecule has 0 bridgehead atoms. The van der Waals surface area contributed by atoms with E-state index in [-0.39, 0.29) is 26.2 Å². The summed E-state index contributed by atoms with van der Waals surface area (Å²) in [5, 5.41) is 6.62. The average Bonchev–Trinajstić information content (AvgIpc) is 2.92. The SMILES string of the molecule is C[CH]=[Al]/[C](=C\C=C\CC)C1=CNC(SCC(=O)NS)N1. The second kappa shape index (κ2) is 10.2. The van der Waals surface area contributed by atoms with Gasteiger partial charge in [0.1, 0.15) is 0 Å². The molecule has 7 heteroatoms. The monoisotopic (exact) mass is 325 g/mol. The number of amides is 1. The molecular formula is C13H20AlN3OS2. The van der Waals surface area contributed by atoms with Gasteiger partial charge in [-0.15, -0.1) is 0 Å². The Morgan fingerprint density at radius 3 is 3.10 bits per heavy atom. The molecule has 1 unspecified atom stereocenters. The zero-order valence-corrected chi connectivity index (χ0v) is 14.6. The third kappa shape index (κ3) is 6.23. The summed E-state index contributed by atoms with van der Waals surface area (Å²) in [6.07, 6.45) is 9.42. The van der Waals surface area contributed by atoms with Crippen LogP contribution < -0.4 is 15.4 Å². The number of hydrogen-bond donors (Lipinski definition) is 4. The van der Waals surface area contributed by atoms with Crippen molar-refractivity contribution < 1.29 is 4.79 Å². The molecule has 1 heterocycles. The van der Waals surface area contributed by atoms with E-state index in [9.17, 15) is 4.79 Å². The predicted octanol–water partition coefficient (Wildman–Crippen LogP) is 1.37. The second-order valence-electron chi connectivity index (χ2n) is 4.05. The van der Waals surface area contributed by atoms with Gasteiger partial charge >= 0.3 is 136 Å². The van der Waals surface area contributed by atoms with Crippen molar-refractivity contribution in [1.29, 1.82) is 0 Å². The molecule has 0 aromatic heterocycles. The van der Waals surface area contributed by atoms with Gasteiger partial charge < -0.3 is 0 Å². The molecular weight excluding hydrogens is 305 g/mol. The molecule has 0 fully saturated rings. The number of nitrogens with one attached hydrogen (secondary N) is 3. The Balaban J connectivity index is 2.56. The summed E-state index contributed by atoms with van der Waals surface area (Å²) in [6.45, 7) is 4.20. The van der Waals surface area contributed by atoms with Crippen LogP contribution >= 0.6 is 24.6 Å². The summed E-state index contributed by atoms with van der Waals surface area (Å²) in [5.74, 6) is 0.279. The van der Waals surface area contributed by atoms with Gasteiger partial charge in [-0.25, -0.2) is 0 Å². The van der Waals surface area contributed by atoms with Crippen LogP contribution in [0.5, 0.6) is 0 Å². The zero-order chi connectivity index (χ0) is 14.8. The third-order valence-corrected chi connectivity index (χ3v) is 4.94. The fourth-order valence-corrected chi connectivity index (χ4v) is 3.43. The molecule has 108 valence electrons. The van der Waals surface area contributed by atoms with Gasteiger partial charge in [-0.3, -0.25) is 0 Å². The number of carbonyl (C=O) groups is 1. The Morgan fingerprint density at radius 2 is 2.45 bits per heavy atom. The van der Waals surface area contributed by atoms with Crippen LogP contribution in [0.25, 0.3) is 0 Å². The van der Waals surface area contributed by atoms with E-state index in [0.717, 1.165) is 12.1 Å². The summed E-state index contributed by atoms with van der Waals surface area (Å²) in [6, 6.07) is 0. The average molecular weight is 325 g/mol. The van der Waals surface area contributed by atoms with E-state index < -0.39 is 0 Å². The quantitative estimate of drug-likeness (QED) is 0.324. The van der Waals surface area contributed by atoms with E-state index in [0.29, 0.717) is 5.75 Å². The fraction of sp³-hybridized carbons (Fsp3) is 0.385. The number of thioether (sulfide) groups is 1. The first kappa shape index (κ1) is 17.4. The Hall–Kier alpha value is -0.608. The van der Waals surface area contributed by atoms with Crippen molar-refractivity contribution in [3.8, 4) is 0 Å². The minimum atomic E-state index is -0.0930. The van der Waals surface area contributed by atoms with Gasteiger partial charge in [-0.1, -0.05) is 0 Å². The van der Waals surface area contributed by atoms with E-state index in [2.05, 4.69) is 65.1 Å². The topological polar surface area (TPSA) is 53.2 Å². The van der Waals surface area contributed by atoms with E-state index in [1.54, 1.807) is 0 Å². The van der Waals surface area contributed by atoms with E-state index in [1.165, 1.54) is 16.2 Å². The summed E-state index contributed by atoms with van der Waals surface area (Å²) in [7, 11) is 0. The van der Waals surface area contributed by atoms with Gasteiger partial charge in [0.05, 0.1) is 0 Å². The van der Waals surface area contributed by atoms with Crippen molar-refractivity contribution in [3.63, 3.8) is 0 Å². The summed E-state index contributed by atoms with van der Waals surface area (Å²) < 4.78 is 3.63. The molecule has 0 aromatic carbocycles. The van der Waals surface area contributed by atoms with Gasteiger partial charge in [0.2, 0.25) is 0 Å². The molecule has 0 saturated heterocycles. The molecule has 0 aromatic rings. The molecule has 0 spiro atoms. The molecule has 1 atom stereocenters. The molecule has 20 heavy (non-hydrogen) atoms. The molecule has 0 saturated carbocycles.